The first-order valence-corrected chi connectivity index (χ1v) is 8.29. The van der Waals surface area contributed by atoms with Crippen molar-refractivity contribution in [2.45, 2.75) is 52.6 Å². The third kappa shape index (κ3) is 5.06. The zero-order chi connectivity index (χ0) is 16.8. The summed E-state index contributed by atoms with van der Waals surface area (Å²) in [4.78, 5) is 13.9. The lowest BCUT2D eigenvalue weighted by Gasteiger charge is -2.30. The highest BCUT2D eigenvalue weighted by atomic mass is 16.4. The maximum atomic E-state index is 11.5. The Morgan fingerprint density at radius 3 is 2.96 bits per heavy atom. The van der Waals surface area contributed by atoms with Crippen molar-refractivity contribution in [3.05, 3.63) is 34.4 Å². The number of fused-ring (bicyclic) bond motifs is 1. The second-order valence-corrected chi connectivity index (χ2v) is 6.57. The van der Waals surface area contributed by atoms with E-state index in [4.69, 9.17) is 5.21 Å². The van der Waals surface area contributed by atoms with Crippen LogP contribution in [0, 0.1) is 13.8 Å². The Morgan fingerprint density at radius 2 is 2.22 bits per heavy atom. The Bertz CT molecular complexity index is 584. The minimum Gasteiger partial charge on any atom is -0.411 e. The molecule has 1 aliphatic rings. The summed E-state index contributed by atoms with van der Waals surface area (Å²) in [5.41, 5.74) is 5.59. The van der Waals surface area contributed by atoms with Crippen LogP contribution in [-0.4, -0.2) is 41.4 Å². The summed E-state index contributed by atoms with van der Waals surface area (Å²) in [6, 6.07) is 4.57. The number of nitrogens with one attached hydrogen (secondary N) is 1. The van der Waals surface area contributed by atoms with E-state index in [1.807, 2.05) is 6.92 Å². The van der Waals surface area contributed by atoms with Gasteiger partial charge in [-0.3, -0.25) is 9.69 Å². The van der Waals surface area contributed by atoms with Crippen molar-refractivity contribution in [3.8, 4) is 0 Å². The SMILES string of the molecule is Cc1cc(C)c2c(c1)CCCCN(C[C@H](C)NC(=O)/C=N\O)C2. The Balaban J connectivity index is 2.07. The first-order chi connectivity index (χ1) is 11.0. The Labute approximate surface area is 138 Å². The van der Waals surface area contributed by atoms with Gasteiger partial charge in [-0.2, -0.15) is 0 Å². The van der Waals surface area contributed by atoms with Gasteiger partial charge in [-0.1, -0.05) is 22.9 Å². The van der Waals surface area contributed by atoms with Gasteiger partial charge in [-0.05, 0) is 63.3 Å². The molecule has 0 saturated carbocycles. The van der Waals surface area contributed by atoms with E-state index in [0.717, 1.165) is 32.3 Å². The summed E-state index contributed by atoms with van der Waals surface area (Å²) in [5.74, 6) is -0.362. The van der Waals surface area contributed by atoms with Gasteiger partial charge in [-0.15, -0.1) is 0 Å². The van der Waals surface area contributed by atoms with Crippen LogP contribution in [0.1, 0.15) is 42.0 Å². The number of carbonyl (C=O) groups is 1. The number of oxime groups is 1. The second-order valence-electron chi connectivity index (χ2n) is 6.57. The van der Waals surface area contributed by atoms with Crippen LogP contribution >= 0.6 is 0 Å². The van der Waals surface area contributed by atoms with Gasteiger partial charge >= 0.3 is 0 Å². The summed E-state index contributed by atoms with van der Waals surface area (Å²) < 4.78 is 0. The molecule has 0 aliphatic carbocycles. The van der Waals surface area contributed by atoms with Crippen molar-refractivity contribution < 1.29 is 10.0 Å². The molecule has 1 atom stereocenters. The van der Waals surface area contributed by atoms with Gasteiger partial charge in [0.15, 0.2) is 0 Å². The molecule has 1 heterocycles. The van der Waals surface area contributed by atoms with Gasteiger partial charge in [0.05, 0.1) is 0 Å². The predicted octanol–water partition coefficient (Wildman–Crippen LogP) is 2.41. The van der Waals surface area contributed by atoms with Crippen LogP contribution in [0.3, 0.4) is 0 Å². The summed E-state index contributed by atoms with van der Waals surface area (Å²) in [6.07, 6.45) is 4.42. The summed E-state index contributed by atoms with van der Waals surface area (Å²) in [5, 5.41) is 14.0. The number of amides is 1. The van der Waals surface area contributed by atoms with Crippen molar-refractivity contribution in [3.63, 3.8) is 0 Å². The smallest absolute Gasteiger partial charge is 0.266 e. The third-order valence-corrected chi connectivity index (χ3v) is 4.36. The van der Waals surface area contributed by atoms with Crippen molar-refractivity contribution >= 4 is 12.1 Å². The zero-order valence-electron chi connectivity index (χ0n) is 14.3. The molecule has 0 fully saturated rings. The largest absolute Gasteiger partial charge is 0.411 e. The molecular formula is C18H27N3O2. The molecule has 0 bridgehead atoms. The highest BCUT2D eigenvalue weighted by molar-refractivity contribution is 6.26. The van der Waals surface area contributed by atoms with Crippen molar-refractivity contribution in [1.29, 1.82) is 0 Å². The van der Waals surface area contributed by atoms with Crippen LogP contribution in [0.15, 0.2) is 17.3 Å². The molecule has 1 aromatic rings. The van der Waals surface area contributed by atoms with Crippen molar-refractivity contribution in [1.82, 2.24) is 10.2 Å². The van der Waals surface area contributed by atoms with Gasteiger partial charge in [0.1, 0.15) is 6.21 Å². The van der Waals surface area contributed by atoms with Crippen molar-refractivity contribution in [2.24, 2.45) is 5.16 Å². The van der Waals surface area contributed by atoms with E-state index >= 15 is 0 Å². The van der Waals surface area contributed by atoms with Crippen LogP contribution < -0.4 is 5.32 Å². The maximum absolute atomic E-state index is 11.5. The first kappa shape index (κ1) is 17.5. The second kappa shape index (κ2) is 8.11. The molecule has 1 aliphatic heterocycles. The number of rotatable bonds is 4. The number of hydrogen-bond donors (Lipinski definition) is 2. The summed E-state index contributed by atoms with van der Waals surface area (Å²) >= 11 is 0. The van der Waals surface area contributed by atoms with Crippen LogP contribution in [-0.2, 0) is 17.8 Å². The first-order valence-electron chi connectivity index (χ1n) is 8.29. The Morgan fingerprint density at radius 1 is 1.43 bits per heavy atom. The lowest BCUT2D eigenvalue weighted by molar-refractivity contribution is -0.115. The molecule has 2 rings (SSSR count). The van der Waals surface area contributed by atoms with Gasteiger partial charge in [-0.25, -0.2) is 0 Å². The molecule has 5 nitrogen and oxygen atoms in total. The molecule has 126 valence electrons. The quantitative estimate of drug-likeness (QED) is 0.509. The fourth-order valence-electron chi connectivity index (χ4n) is 3.41. The lowest BCUT2D eigenvalue weighted by atomic mass is 9.93. The number of aryl methyl sites for hydroxylation is 3. The number of hydrogen-bond acceptors (Lipinski definition) is 4. The van der Waals surface area contributed by atoms with E-state index in [0.29, 0.717) is 0 Å². The maximum Gasteiger partial charge on any atom is 0.266 e. The Kier molecular flexibility index (Phi) is 6.16. The topological polar surface area (TPSA) is 64.9 Å². The van der Waals surface area contributed by atoms with Crippen LogP contribution in [0.4, 0.5) is 0 Å². The minimum absolute atomic E-state index is 0.00845. The van der Waals surface area contributed by atoms with Gasteiger partial charge in [0.2, 0.25) is 0 Å². The summed E-state index contributed by atoms with van der Waals surface area (Å²) in [6.45, 7) is 9.08. The standard InChI is InChI=1S/C18H27N3O2/c1-13-8-14(2)17-12-21(7-5-4-6-16(17)9-13)11-15(3)20-18(22)10-19-23/h8-10,15,23H,4-7,11-12H2,1-3H3,(H,20,22)/b19-10-/t15-/m0/s1. The van der Waals surface area contributed by atoms with Crippen LogP contribution in [0.5, 0.6) is 0 Å². The molecule has 5 heteroatoms. The van der Waals surface area contributed by atoms with Crippen LogP contribution in [0.2, 0.25) is 0 Å². The fraction of sp³-hybridized carbons (Fsp3) is 0.556. The fourth-order valence-corrected chi connectivity index (χ4v) is 3.41. The molecule has 2 N–H and O–H groups in total. The van der Waals surface area contributed by atoms with Crippen molar-refractivity contribution in [2.75, 3.05) is 13.1 Å². The van der Waals surface area contributed by atoms with Gasteiger partial charge < -0.3 is 10.5 Å². The highest BCUT2D eigenvalue weighted by Gasteiger charge is 2.17. The Hall–Kier alpha value is -1.88. The highest BCUT2D eigenvalue weighted by Crippen LogP contribution is 2.23. The lowest BCUT2D eigenvalue weighted by Crippen LogP contribution is -2.43. The molecule has 0 spiro atoms. The van der Waals surface area contributed by atoms with E-state index in [9.17, 15) is 4.79 Å². The zero-order valence-corrected chi connectivity index (χ0v) is 14.3. The monoisotopic (exact) mass is 317 g/mol. The molecule has 1 amide bonds. The number of carbonyl (C=O) groups excluding carboxylic acids is 1. The summed E-state index contributed by atoms with van der Waals surface area (Å²) in [7, 11) is 0. The van der Waals surface area contributed by atoms with E-state index < -0.39 is 0 Å². The molecule has 0 aromatic heterocycles. The average molecular weight is 317 g/mol. The number of benzene rings is 1. The average Bonchev–Trinajstić information content (AvgIpc) is 2.43. The molecule has 1 aromatic carbocycles. The predicted molar refractivity (Wildman–Crippen MR) is 92.0 cm³/mol. The molecule has 0 radical (unpaired) electrons. The molecular weight excluding hydrogens is 290 g/mol. The molecule has 0 saturated heterocycles. The normalized spacial score (nSPS) is 17.3. The van der Waals surface area contributed by atoms with Gasteiger partial charge in [0.25, 0.3) is 5.91 Å². The van der Waals surface area contributed by atoms with E-state index in [1.54, 1.807) is 0 Å². The molecule has 0 unspecified atom stereocenters. The van der Waals surface area contributed by atoms with E-state index in [2.05, 4.69) is 41.4 Å². The third-order valence-electron chi connectivity index (χ3n) is 4.36. The minimum atomic E-state index is -0.362. The van der Waals surface area contributed by atoms with Gasteiger partial charge in [0, 0.05) is 19.1 Å². The van der Waals surface area contributed by atoms with Crippen LogP contribution in [0.25, 0.3) is 0 Å². The molecule has 23 heavy (non-hydrogen) atoms. The number of nitrogens with zero attached hydrogens (tertiary/aromatic N) is 2. The van der Waals surface area contributed by atoms with E-state index in [1.165, 1.54) is 35.1 Å². The van der Waals surface area contributed by atoms with E-state index in [-0.39, 0.29) is 11.9 Å².